The van der Waals surface area contributed by atoms with Crippen molar-refractivity contribution in [2.24, 2.45) is 0 Å². The lowest BCUT2D eigenvalue weighted by Crippen LogP contribution is -1.99. The van der Waals surface area contributed by atoms with E-state index in [-0.39, 0.29) is 5.63 Å². The van der Waals surface area contributed by atoms with Crippen LogP contribution in [0, 0.1) is 6.92 Å². The molecule has 3 aromatic heterocycles. The first-order valence-electron chi connectivity index (χ1n) is 9.70. The fraction of sp³-hybridized carbons (Fsp3) is 0.0800. The second kappa shape index (κ2) is 5.61. The van der Waals surface area contributed by atoms with Gasteiger partial charge in [-0.15, -0.1) is 0 Å². The van der Waals surface area contributed by atoms with Crippen LogP contribution in [-0.2, 0) is 0 Å². The lowest BCUT2D eigenvalue weighted by molar-refractivity contribution is 0.570. The Kier molecular flexibility index (Phi) is 3.13. The minimum absolute atomic E-state index is 0.315. The van der Waals surface area contributed by atoms with Crippen LogP contribution in [0.5, 0.6) is 0 Å². The first-order valence-corrected chi connectivity index (χ1v) is 9.70. The summed E-state index contributed by atoms with van der Waals surface area (Å²) in [6.07, 6.45) is 4.15. The third-order valence-corrected chi connectivity index (χ3v) is 5.83. The number of rotatable bonds is 1. The van der Waals surface area contributed by atoms with Crippen LogP contribution < -0.4 is 5.63 Å². The Morgan fingerprint density at radius 3 is 2.45 bits per heavy atom. The second-order valence-electron chi connectivity index (χ2n) is 7.56. The van der Waals surface area contributed by atoms with Gasteiger partial charge in [0.15, 0.2) is 0 Å². The van der Waals surface area contributed by atoms with Crippen LogP contribution in [0.3, 0.4) is 0 Å². The van der Waals surface area contributed by atoms with Gasteiger partial charge < -0.3 is 14.4 Å². The van der Waals surface area contributed by atoms with E-state index in [1.807, 2.05) is 37.3 Å². The van der Waals surface area contributed by atoms with E-state index in [0.717, 1.165) is 54.7 Å². The van der Waals surface area contributed by atoms with E-state index in [2.05, 4.69) is 47.2 Å². The highest BCUT2D eigenvalue weighted by atomic mass is 16.4. The molecule has 0 saturated carbocycles. The first-order chi connectivity index (χ1) is 14.1. The summed E-state index contributed by atoms with van der Waals surface area (Å²) in [5, 5.41) is 5.85. The third-order valence-electron chi connectivity index (χ3n) is 5.83. The monoisotopic (exact) mass is 378 g/mol. The molecule has 0 saturated heterocycles. The lowest BCUT2D eigenvalue weighted by atomic mass is 10.0. The molecule has 0 bridgehead atoms. The van der Waals surface area contributed by atoms with Gasteiger partial charge in [-0.05, 0) is 38.1 Å². The molecule has 0 unspecified atom stereocenters. The zero-order valence-electron chi connectivity index (χ0n) is 16.1. The standard InChI is InChI=1S/C25H18N2O2/c1-3-6-14-13(2)26-23-12-24-19(10-17(14)23)16-9-18-15-7-4-5-8-21(15)27-22(18)11-20(16)25(28)29-24/h3-12,26-27H,1-2H3/b6-3-. The van der Waals surface area contributed by atoms with Gasteiger partial charge in [-0.2, -0.15) is 0 Å². The maximum absolute atomic E-state index is 12.8. The van der Waals surface area contributed by atoms with Crippen LogP contribution in [0.4, 0.5) is 0 Å². The van der Waals surface area contributed by atoms with Crippen molar-refractivity contribution in [2.45, 2.75) is 13.8 Å². The van der Waals surface area contributed by atoms with Gasteiger partial charge in [0.2, 0.25) is 0 Å². The van der Waals surface area contributed by atoms with E-state index in [1.54, 1.807) is 0 Å². The SMILES string of the molecule is C/C=C\c1c(C)[nH]c2cc3oc(=O)c4cc5[nH]c6ccccc6c5cc4c3cc12. The molecular formula is C25H18N2O2. The van der Waals surface area contributed by atoms with E-state index in [1.165, 1.54) is 0 Å². The van der Waals surface area contributed by atoms with Gasteiger partial charge in [-0.1, -0.05) is 30.4 Å². The largest absolute Gasteiger partial charge is 0.422 e. The molecule has 140 valence electrons. The molecule has 6 rings (SSSR count). The quantitative estimate of drug-likeness (QED) is 0.257. The van der Waals surface area contributed by atoms with Crippen LogP contribution in [0.2, 0.25) is 0 Å². The highest BCUT2D eigenvalue weighted by molar-refractivity contribution is 6.17. The summed E-state index contributed by atoms with van der Waals surface area (Å²) in [5.74, 6) is 0. The first kappa shape index (κ1) is 16.2. The predicted molar refractivity (Wildman–Crippen MR) is 121 cm³/mol. The number of fused-ring (bicyclic) bond motifs is 7. The Morgan fingerprint density at radius 1 is 0.793 bits per heavy atom. The number of hydrogen-bond acceptors (Lipinski definition) is 2. The molecule has 0 spiro atoms. The summed E-state index contributed by atoms with van der Waals surface area (Å²) >= 11 is 0. The summed E-state index contributed by atoms with van der Waals surface area (Å²) in [6.45, 7) is 4.07. The van der Waals surface area contributed by atoms with Crippen molar-refractivity contribution in [3.8, 4) is 0 Å². The third kappa shape index (κ3) is 2.17. The van der Waals surface area contributed by atoms with Crippen molar-refractivity contribution in [1.82, 2.24) is 9.97 Å². The maximum atomic E-state index is 12.8. The minimum atomic E-state index is -0.315. The van der Waals surface area contributed by atoms with Crippen LogP contribution in [0.25, 0.3) is 60.5 Å². The fourth-order valence-electron chi connectivity index (χ4n) is 4.50. The van der Waals surface area contributed by atoms with Crippen LogP contribution >= 0.6 is 0 Å². The number of nitrogens with one attached hydrogen (secondary N) is 2. The average molecular weight is 378 g/mol. The van der Waals surface area contributed by atoms with Crippen molar-refractivity contribution < 1.29 is 4.42 Å². The van der Waals surface area contributed by atoms with E-state index in [9.17, 15) is 4.79 Å². The molecule has 29 heavy (non-hydrogen) atoms. The summed E-state index contributed by atoms with van der Waals surface area (Å²) < 4.78 is 5.71. The molecule has 4 heteroatoms. The van der Waals surface area contributed by atoms with Crippen LogP contribution in [-0.4, -0.2) is 9.97 Å². The topological polar surface area (TPSA) is 61.8 Å². The molecular weight excluding hydrogens is 360 g/mol. The highest BCUT2D eigenvalue weighted by Gasteiger charge is 2.15. The van der Waals surface area contributed by atoms with Crippen molar-refractivity contribution >= 4 is 60.5 Å². The van der Waals surface area contributed by atoms with E-state index in [4.69, 9.17) is 4.42 Å². The van der Waals surface area contributed by atoms with Gasteiger partial charge in [-0.25, -0.2) is 4.79 Å². The van der Waals surface area contributed by atoms with E-state index < -0.39 is 0 Å². The number of allylic oxidation sites excluding steroid dienone is 1. The number of benzene rings is 3. The van der Waals surface area contributed by atoms with Gasteiger partial charge in [0, 0.05) is 60.8 Å². The number of aromatic nitrogens is 2. The molecule has 6 aromatic rings. The number of H-pyrrole nitrogens is 2. The van der Waals surface area contributed by atoms with Crippen molar-refractivity contribution in [1.29, 1.82) is 0 Å². The summed E-state index contributed by atoms with van der Waals surface area (Å²) in [6, 6.07) is 16.3. The molecule has 4 nitrogen and oxygen atoms in total. The molecule has 0 aliphatic rings. The zero-order valence-corrected chi connectivity index (χ0v) is 16.1. The Bertz CT molecular complexity index is 1690. The van der Waals surface area contributed by atoms with Crippen molar-refractivity contribution in [3.05, 3.63) is 76.3 Å². The number of aromatic amines is 2. The molecule has 0 aliphatic carbocycles. The summed E-state index contributed by atoms with van der Waals surface area (Å²) in [7, 11) is 0. The molecule has 2 N–H and O–H groups in total. The molecule has 0 amide bonds. The van der Waals surface area contributed by atoms with Crippen LogP contribution in [0.15, 0.2) is 63.8 Å². The Morgan fingerprint density at radius 2 is 1.59 bits per heavy atom. The molecule has 3 heterocycles. The number of hydrogen-bond donors (Lipinski definition) is 2. The van der Waals surface area contributed by atoms with Gasteiger partial charge in [0.1, 0.15) is 5.58 Å². The molecule has 3 aromatic carbocycles. The van der Waals surface area contributed by atoms with Gasteiger partial charge in [0.25, 0.3) is 0 Å². The van der Waals surface area contributed by atoms with E-state index >= 15 is 0 Å². The van der Waals surface area contributed by atoms with Gasteiger partial charge in [-0.3, -0.25) is 0 Å². The van der Waals surface area contributed by atoms with Gasteiger partial charge >= 0.3 is 5.63 Å². The highest BCUT2D eigenvalue weighted by Crippen LogP contribution is 2.34. The molecule has 0 aliphatic heterocycles. The normalized spacial score (nSPS) is 12.5. The summed E-state index contributed by atoms with van der Waals surface area (Å²) in [4.78, 5) is 19.6. The number of para-hydroxylation sites is 1. The van der Waals surface area contributed by atoms with Crippen molar-refractivity contribution in [2.75, 3.05) is 0 Å². The minimum Gasteiger partial charge on any atom is -0.422 e. The fourth-order valence-corrected chi connectivity index (χ4v) is 4.50. The Balaban J connectivity index is 1.83. The van der Waals surface area contributed by atoms with Gasteiger partial charge in [0.05, 0.1) is 5.39 Å². The van der Waals surface area contributed by atoms with Crippen LogP contribution in [0.1, 0.15) is 18.2 Å². The molecule has 0 fully saturated rings. The number of aryl methyl sites for hydroxylation is 1. The zero-order chi connectivity index (χ0) is 19.7. The Hall–Kier alpha value is -3.79. The molecule has 0 atom stereocenters. The predicted octanol–water partition coefficient (Wildman–Crippen LogP) is 6.40. The summed E-state index contributed by atoms with van der Waals surface area (Å²) in [5.41, 5.74) is 5.52. The second-order valence-corrected chi connectivity index (χ2v) is 7.56. The van der Waals surface area contributed by atoms with E-state index in [0.29, 0.717) is 11.0 Å². The Labute approximate surface area is 165 Å². The maximum Gasteiger partial charge on any atom is 0.344 e. The smallest absolute Gasteiger partial charge is 0.344 e. The lowest BCUT2D eigenvalue weighted by Gasteiger charge is -2.04. The average Bonchev–Trinajstić information content (AvgIpc) is 3.23. The van der Waals surface area contributed by atoms with Crippen molar-refractivity contribution in [3.63, 3.8) is 0 Å². The molecule has 0 radical (unpaired) electrons.